The standard InChI is InChI=1S/C18H22N2O4S/c1-14(2)20-25(22,23)17-10-8-15(9-11-17)18(21)19-12-13-24-16-6-4-3-5-7-16/h3-11,14,20H,12-13H2,1-2H3,(H,19,21). The van der Waals surface area contributed by atoms with Gasteiger partial charge in [0.2, 0.25) is 10.0 Å². The van der Waals surface area contributed by atoms with Crippen molar-refractivity contribution in [2.45, 2.75) is 24.8 Å². The lowest BCUT2D eigenvalue weighted by atomic mass is 10.2. The average molecular weight is 362 g/mol. The Bertz CT molecular complexity index is 788. The van der Waals surface area contributed by atoms with E-state index >= 15 is 0 Å². The highest BCUT2D eigenvalue weighted by atomic mass is 32.2. The van der Waals surface area contributed by atoms with Crippen molar-refractivity contribution in [1.29, 1.82) is 0 Å². The molecule has 6 nitrogen and oxygen atoms in total. The summed E-state index contributed by atoms with van der Waals surface area (Å²) in [5.74, 6) is 0.460. The van der Waals surface area contributed by atoms with Crippen molar-refractivity contribution in [2.24, 2.45) is 0 Å². The van der Waals surface area contributed by atoms with Crippen LogP contribution < -0.4 is 14.8 Å². The summed E-state index contributed by atoms with van der Waals surface area (Å²) in [4.78, 5) is 12.2. The molecule has 0 aliphatic carbocycles. The Morgan fingerprint density at radius 2 is 1.68 bits per heavy atom. The Labute approximate surface area is 148 Å². The molecule has 0 bridgehead atoms. The fraction of sp³-hybridized carbons (Fsp3) is 0.278. The van der Waals surface area contributed by atoms with Gasteiger partial charge in [0.25, 0.3) is 5.91 Å². The van der Waals surface area contributed by atoms with Crippen molar-refractivity contribution in [2.75, 3.05) is 13.2 Å². The van der Waals surface area contributed by atoms with Crippen molar-refractivity contribution in [1.82, 2.24) is 10.0 Å². The van der Waals surface area contributed by atoms with Crippen LogP contribution >= 0.6 is 0 Å². The van der Waals surface area contributed by atoms with Crippen LogP contribution in [0.15, 0.2) is 59.5 Å². The van der Waals surface area contributed by atoms with Crippen LogP contribution in [0.4, 0.5) is 0 Å². The molecule has 0 aromatic heterocycles. The second-order valence-electron chi connectivity index (χ2n) is 5.72. The SMILES string of the molecule is CC(C)NS(=O)(=O)c1ccc(C(=O)NCCOc2ccccc2)cc1. The maximum Gasteiger partial charge on any atom is 0.251 e. The molecule has 0 atom stereocenters. The van der Waals surface area contributed by atoms with Crippen LogP contribution in [0.3, 0.4) is 0 Å². The predicted octanol–water partition coefficient (Wildman–Crippen LogP) is 2.18. The van der Waals surface area contributed by atoms with Crippen LogP contribution in [0.5, 0.6) is 5.75 Å². The molecule has 7 heteroatoms. The molecule has 0 saturated carbocycles. The first-order valence-corrected chi connectivity index (χ1v) is 9.45. The Morgan fingerprint density at radius 3 is 2.28 bits per heavy atom. The minimum atomic E-state index is -3.56. The molecule has 0 radical (unpaired) electrons. The molecule has 2 rings (SSSR count). The Morgan fingerprint density at radius 1 is 1.04 bits per heavy atom. The molecule has 0 saturated heterocycles. The number of nitrogens with one attached hydrogen (secondary N) is 2. The van der Waals surface area contributed by atoms with Crippen molar-refractivity contribution >= 4 is 15.9 Å². The Balaban J connectivity index is 1.86. The first kappa shape index (κ1) is 19.0. The molecular weight excluding hydrogens is 340 g/mol. The normalized spacial score (nSPS) is 11.3. The second-order valence-corrected chi connectivity index (χ2v) is 7.43. The summed E-state index contributed by atoms with van der Waals surface area (Å²) in [5.41, 5.74) is 0.392. The van der Waals surface area contributed by atoms with E-state index in [2.05, 4.69) is 10.0 Å². The minimum Gasteiger partial charge on any atom is -0.492 e. The molecule has 1 amide bonds. The number of hydrogen-bond acceptors (Lipinski definition) is 4. The molecule has 25 heavy (non-hydrogen) atoms. The zero-order chi connectivity index (χ0) is 18.3. The van der Waals surface area contributed by atoms with Gasteiger partial charge in [-0.1, -0.05) is 18.2 Å². The summed E-state index contributed by atoms with van der Waals surface area (Å²) in [6, 6.07) is 14.9. The molecule has 0 spiro atoms. The lowest BCUT2D eigenvalue weighted by molar-refractivity contribution is 0.0947. The van der Waals surface area contributed by atoms with Crippen LogP contribution in [0.1, 0.15) is 24.2 Å². The molecule has 2 aromatic carbocycles. The van der Waals surface area contributed by atoms with E-state index in [-0.39, 0.29) is 16.8 Å². The number of carbonyl (C=O) groups excluding carboxylic acids is 1. The number of carbonyl (C=O) groups is 1. The lowest BCUT2D eigenvalue weighted by Crippen LogP contribution is -2.30. The van der Waals surface area contributed by atoms with Gasteiger partial charge < -0.3 is 10.1 Å². The van der Waals surface area contributed by atoms with Gasteiger partial charge in [-0.05, 0) is 50.2 Å². The molecule has 0 heterocycles. The maximum atomic E-state index is 12.1. The minimum absolute atomic E-state index is 0.130. The zero-order valence-electron chi connectivity index (χ0n) is 14.2. The molecule has 2 N–H and O–H groups in total. The maximum absolute atomic E-state index is 12.1. The van der Waals surface area contributed by atoms with Gasteiger partial charge in [-0.25, -0.2) is 13.1 Å². The van der Waals surface area contributed by atoms with E-state index in [1.165, 1.54) is 24.3 Å². The van der Waals surface area contributed by atoms with Crippen LogP contribution in [-0.4, -0.2) is 33.5 Å². The van der Waals surface area contributed by atoms with E-state index in [1.54, 1.807) is 13.8 Å². The molecule has 2 aromatic rings. The number of para-hydroxylation sites is 1. The third-order valence-corrected chi connectivity index (χ3v) is 4.89. The Hall–Kier alpha value is -2.38. The van der Waals surface area contributed by atoms with Gasteiger partial charge in [0, 0.05) is 11.6 Å². The van der Waals surface area contributed by atoms with E-state index in [0.29, 0.717) is 18.7 Å². The fourth-order valence-electron chi connectivity index (χ4n) is 2.12. The zero-order valence-corrected chi connectivity index (χ0v) is 15.0. The van der Waals surface area contributed by atoms with Crippen molar-refractivity contribution < 1.29 is 17.9 Å². The number of sulfonamides is 1. The number of amides is 1. The van der Waals surface area contributed by atoms with Gasteiger partial charge in [0.1, 0.15) is 12.4 Å². The van der Waals surface area contributed by atoms with Gasteiger partial charge in [0.15, 0.2) is 0 Å². The highest BCUT2D eigenvalue weighted by Gasteiger charge is 2.15. The molecular formula is C18H22N2O4S. The summed E-state index contributed by atoms with van der Waals surface area (Å²) in [6.45, 7) is 4.19. The van der Waals surface area contributed by atoms with E-state index in [4.69, 9.17) is 4.74 Å². The molecule has 134 valence electrons. The van der Waals surface area contributed by atoms with Crippen molar-refractivity contribution in [3.05, 3.63) is 60.2 Å². The van der Waals surface area contributed by atoms with Gasteiger partial charge in [-0.3, -0.25) is 4.79 Å². The third kappa shape index (κ3) is 5.88. The van der Waals surface area contributed by atoms with Crippen LogP contribution in [-0.2, 0) is 10.0 Å². The number of ether oxygens (including phenoxy) is 1. The van der Waals surface area contributed by atoms with Crippen LogP contribution in [0.25, 0.3) is 0 Å². The number of hydrogen-bond donors (Lipinski definition) is 2. The molecule has 0 aliphatic heterocycles. The Kier molecular flexibility index (Phi) is 6.55. The highest BCUT2D eigenvalue weighted by Crippen LogP contribution is 2.11. The smallest absolute Gasteiger partial charge is 0.251 e. The van der Waals surface area contributed by atoms with Crippen molar-refractivity contribution in [3.63, 3.8) is 0 Å². The highest BCUT2D eigenvalue weighted by molar-refractivity contribution is 7.89. The summed E-state index contributed by atoms with van der Waals surface area (Å²) in [5, 5.41) is 2.73. The van der Waals surface area contributed by atoms with Crippen LogP contribution in [0.2, 0.25) is 0 Å². The number of benzene rings is 2. The monoisotopic (exact) mass is 362 g/mol. The first-order valence-electron chi connectivity index (χ1n) is 7.97. The number of rotatable bonds is 8. The van der Waals surface area contributed by atoms with E-state index in [1.807, 2.05) is 30.3 Å². The summed E-state index contributed by atoms with van der Waals surface area (Å²) >= 11 is 0. The van der Waals surface area contributed by atoms with Crippen LogP contribution in [0, 0.1) is 0 Å². The predicted molar refractivity (Wildman–Crippen MR) is 96.2 cm³/mol. The largest absolute Gasteiger partial charge is 0.492 e. The molecule has 0 unspecified atom stereocenters. The van der Waals surface area contributed by atoms with Gasteiger partial charge in [-0.2, -0.15) is 0 Å². The molecule has 0 fully saturated rings. The first-order chi connectivity index (χ1) is 11.9. The van der Waals surface area contributed by atoms with Gasteiger partial charge in [0.05, 0.1) is 11.4 Å². The third-order valence-electron chi connectivity index (χ3n) is 3.22. The lowest BCUT2D eigenvalue weighted by Gasteiger charge is -2.10. The fourth-order valence-corrected chi connectivity index (χ4v) is 3.37. The van der Waals surface area contributed by atoms with E-state index in [9.17, 15) is 13.2 Å². The molecule has 0 aliphatic rings. The van der Waals surface area contributed by atoms with Crippen molar-refractivity contribution in [3.8, 4) is 5.75 Å². The van der Waals surface area contributed by atoms with E-state index < -0.39 is 10.0 Å². The quantitative estimate of drug-likeness (QED) is 0.705. The summed E-state index contributed by atoms with van der Waals surface area (Å²) in [7, 11) is -3.56. The summed E-state index contributed by atoms with van der Waals surface area (Å²) in [6.07, 6.45) is 0. The summed E-state index contributed by atoms with van der Waals surface area (Å²) < 4.78 is 32.1. The van der Waals surface area contributed by atoms with Gasteiger partial charge >= 0.3 is 0 Å². The average Bonchev–Trinajstić information content (AvgIpc) is 2.58. The van der Waals surface area contributed by atoms with Gasteiger partial charge in [-0.15, -0.1) is 0 Å². The van der Waals surface area contributed by atoms with E-state index in [0.717, 1.165) is 5.75 Å². The second kappa shape index (κ2) is 8.64. The topological polar surface area (TPSA) is 84.5 Å².